The Labute approximate surface area is 107 Å². The maximum atomic E-state index is 5.71. The third-order valence-corrected chi connectivity index (χ3v) is 4.89. The molecular weight excluding hydrogens is 208 g/mol. The van der Waals surface area contributed by atoms with Crippen LogP contribution in [0.1, 0.15) is 52.9 Å². The summed E-state index contributed by atoms with van der Waals surface area (Å²) in [7, 11) is 0. The van der Waals surface area contributed by atoms with E-state index in [9.17, 15) is 0 Å². The van der Waals surface area contributed by atoms with Gasteiger partial charge in [-0.25, -0.2) is 0 Å². The molecule has 0 aromatic rings. The van der Waals surface area contributed by atoms with Gasteiger partial charge in [-0.3, -0.25) is 4.90 Å². The molecule has 0 aromatic carbocycles. The van der Waals surface area contributed by atoms with E-state index < -0.39 is 0 Å². The first-order valence-electron chi connectivity index (χ1n) is 7.46. The third-order valence-electron chi connectivity index (χ3n) is 4.89. The van der Waals surface area contributed by atoms with Crippen LogP contribution in [0.15, 0.2) is 0 Å². The second-order valence-electron chi connectivity index (χ2n) is 7.20. The average molecular weight is 238 g/mol. The lowest BCUT2D eigenvalue weighted by molar-refractivity contribution is 0.0983. The molecule has 1 saturated carbocycles. The highest BCUT2D eigenvalue weighted by molar-refractivity contribution is 4.94. The van der Waals surface area contributed by atoms with Crippen LogP contribution in [0.5, 0.6) is 0 Å². The Morgan fingerprint density at radius 2 is 2.06 bits per heavy atom. The zero-order valence-electron chi connectivity index (χ0n) is 11.9. The number of nitrogens with zero attached hydrogens (tertiary/aromatic N) is 1. The van der Waals surface area contributed by atoms with Gasteiger partial charge in [0.2, 0.25) is 0 Å². The second kappa shape index (κ2) is 5.27. The van der Waals surface area contributed by atoms with E-state index >= 15 is 0 Å². The minimum atomic E-state index is 0.560. The van der Waals surface area contributed by atoms with Gasteiger partial charge in [-0.1, -0.05) is 20.8 Å². The van der Waals surface area contributed by atoms with Crippen molar-refractivity contribution in [1.82, 2.24) is 4.90 Å². The van der Waals surface area contributed by atoms with Crippen molar-refractivity contribution in [2.24, 2.45) is 23.0 Å². The molecule has 1 aliphatic carbocycles. The first kappa shape index (κ1) is 13.4. The van der Waals surface area contributed by atoms with Gasteiger partial charge in [-0.05, 0) is 62.4 Å². The molecule has 1 aliphatic heterocycles. The summed E-state index contributed by atoms with van der Waals surface area (Å²) >= 11 is 0. The van der Waals surface area contributed by atoms with E-state index in [1.807, 2.05) is 0 Å². The van der Waals surface area contributed by atoms with E-state index in [-0.39, 0.29) is 0 Å². The molecule has 2 aliphatic rings. The zero-order chi connectivity index (χ0) is 12.5. The molecule has 1 saturated heterocycles. The summed E-state index contributed by atoms with van der Waals surface area (Å²) in [5.74, 6) is 1.74. The summed E-state index contributed by atoms with van der Waals surface area (Å²) in [6, 6.07) is 0.838. The van der Waals surface area contributed by atoms with Gasteiger partial charge in [-0.15, -0.1) is 0 Å². The first-order valence-corrected chi connectivity index (χ1v) is 7.46. The van der Waals surface area contributed by atoms with Crippen molar-refractivity contribution >= 4 is 0 Å². The number of hydrogen-bond donors (Lipinski definition) is 1. The molecule has 2 N–H and O–H groups in total. The Bertz CT molecular complexity index is 247. The summed E-state index contributed by atoms with van der Waals surface area (Å²) in [6.45, 7) is 10.8. The third kappa shape index (κ3) is 3.23. The second-order valence-corrected chi connectivity index (χ2v) is 7.20. The van der Waals surface area contributed by atoms with Crippen molar-refractivity contribution in [3.05, 3.63) is 0 Å². The number of likely N-dealkylation sites (tertiary alicyclic amines) is 1. The van der Waals surface area contributed by atoms with Gasteiger partial charge in [0.15, 0.2) is 0 Å². The van der Waals surface area contributed by atoms with Crippen LogP contribution in [0, 0.1) is 17.3 Å². The van der Waals surface area contributed by atoms with Crippen molar-refractivity contribution in [3.63, 3.8) is 0 Å². The van der Waals surface area contributed by atoms with Gasteiger partial charge < -0.3 is 5.73 Å². The molecule has 3 unspecified atom stereocenters. The molecule has 3 atom stereocenters. The van der Waals surface area contributed by atoms with Crippen LogP contribution in [0.2, 0.25) is 0 Å². The van der Waals surface area contributed by atoms with E-state index in [4.69, 9.17) is 5.73 Å². The van der Waals surface area contributed by atoms with Crippen molar-refractivity contribution in [2.45, 2.75) is 58.9 Å². The normalized spacial score (nSPS) is 38.5. The molecule has 0 radical (unpaired) electrons. The quantitative estimate of drug-likeness (QED) is 0.819. The van der Waals surface area contributed by atoms with E-state index in [1.165, 1.54) is 45.2 Å². The Morgan fingerprint density at radius 3 is 2.65 bits per heavy atom. The first-order chi connectivity index (χ1) is 8.02. The Morgan fingerprint density at radius 1 is 1.29 bits per heavy atom. The van der Waals surface area contributed by atoms with Gasteiger partial charge in [0.05, 0.1) is 0 Å². The molecule has 2 fully saturated rings. The van der Waals surface area contributed by atoms with E-state index in [1.54, 1.807) is 0 Å². The summed E-state index contributed by atoms with van der Waals surface area (Å²) < 4.78 is 0. The highest BCUT2D eigenvalue weighted by Crippen LogP contribution is 2.44. The number of nitrogens with two attached hydrogens (primary N) is 1. The molecule has 0 amide bonds. The van der Waals surface area contributed by atoms with Crippen molar-refractivity contribution in [2.75, 3.05) is 19.6 Å². The van der Waals surface area contributed by atoms with Gasteiger partial charge in [-0.2, -0.15) is 0 Å². The molecule has 0 bridgehead atoms. The number of piperidine rings is 1. The summed E-state index contributed by atoms with van der Waals surface area (Å²) in [6.07, 6.45) is 6.80. The Balaban J connectivity index is 1.93. The smallest absolute Gasteiger partial charge is 0.0126 e. The molecule has 2 rings (SSSR count). The summed E-state index contributed by atoms with van der Waals surface area (Å²) in [5.41, 5.74) is 6.27. The van der Waals surface area contributed by atoms with Crippen LogP contribution in [0.4, 0.5) is 0 Å². The zero-order valence-corrected chi connectivity index (χ0v) is 11.9. The lowest BCUT2D eigenvalue weighted by Gasteiger charge is -2.39. The minimum absolute atomic E-state index is 0.560. The van der Waals surface area contributed by atoms with Crippen LogP contribution < -0.4 is 5.73 Å². The van der Waals surface area contributed by atoms with Crippen molar-refractivity contribution in [1.29, 1.82) is 0 Å². The molecule has 100 valence electrons. The topological polar surface area (TPSA) is 29.3 Å². The van der Waals surface area contributed by atoms with E-state index in [2.05, 4.69) is 25.7 Å². The lowest BCUT2D eigenvalue weighted by Crippen LogP contribution is -2.44. The van der Waals surface area contributed by atoms with E-state index in [0.29, 0.717) is 5.41 Å². The summed E-state index contributed by atoms with van der Waals surface area (Å²) in [5, 5.41) is 0. The predicted octanol–water partition coefficient (Wildman–Crippen LogP) is 2.87. The summed E-state index contributed by atoms with van der Waals surface area (Å²) in [4.78, 5) is 2.78. The molecule has 1 heterocycles. The van der Waals surface area contributed by atoms with E-state index in [0.717, 1.165) is 24.4 Å². The fourth-order valence-corrected chi connectivity index (χ4v) is 4.22. The molecule has 2 heteroatoms. The maximum absolute atomic E-state index is 5.71. The highest BCUT2D eigenvalue weighted by atomic mass is 15.2. The van der Waals surface area contributed by atoms with Crippen LogP contribution >= 0.6 is 0 Å². The fraction of sp³-hybridized carbons (Fsp3) is 1.00. The molecule has 0 aromatic heterocycles. The Kier molecular flexibility index (Phi) is 4.14. The predicted molar refractivity (Wildman–Crippen MR) is 73.9 cm³/mol. The minimum Gasteiger partial charge on any atom is -0.330 e. The van der Waals surface area contributed by atoms with Crippen LogP contribution in [0.3, 0.4) is 0 Å². The SMILES string of the molecule is CC1CC(C)(C)CC1N1CCCC(CCN)C1. The number of hydrogen-bond acceptors (Lipinski definition) is 2. The van der Waals surface area contributed by atoms with Gasteiger partial charge >= 0.3 is 0 Å². The highest BCUT2D eigenvalue weighted by Gasteiger charge is 2.40. The standard InChI is InChI=1S/C15H30N2/c1-12-9-15(2,3)10-14(12)17-8-4-5-13(11-17)6-7-16/h12-14H,4-11,16H2,1-3H3. The Hall–Kier alpha value is -0.0800. The lowest BCUT2D eigenvalue weighted by atomic mass is 9.90. The fourth-order valence-electron chi connectivity index (χ4n) is 4.22. The largest absolute Gasteiger partial charge is 0.330 e. The monoisotopic (exact) mass is 238 g/mol. The van der Waals surface area contributed by atoms with Gasteiger partial charge in [0.1, 0.15) is 0 Å². The molecule has 17 heavy (non-hydrogen) atoms. The van der Waals surface area contributed by atoms with Crippen LogP contribution in [-0.2, 0) is 0 Å². The number of rotatable bonds is 3. The molecule has 2 nitrogen and oxygen atoms in total. The molecular formula is C15H30N2. The van der Waals surface area contributed by atoms with Crippen LogP contribution in [0.25, 0.3) is 0 Å². The van der Waals surface area contributed by atoms with Gasteiger partial charge in [0, 0.05) is 12.6 Å². The van der Waals surface area contributed by atoms with Crippen molar-refractivity contribution < 1.29 is 0 Å². The molecule has 0 spiro atoms. The van der Waals surface area contributed by atoms with Crippen LogP contribution in [-0.4, -0.2) is 30.6 Å². The van der Waals surface area contributed by atoms with Crippen molar-refractivity contribution in [3.8, 4) is 0 Å². The van der Waals surface area contributed by atoms with Gasteiger partial charge in [0.25, 0.3) is 0 Å². The maximum Gasteiger partial charge on any atom is 0.0126 e. The average Bonchev–Trinajstić information content (AvgIpc) is 2.53.